The lowest BCUT2D eigenvalue weighted by Crippen LogP contribution is -2.22. The van der Waals surface area contributed by atoms with Crippen molar-refractivity contribution in [3.63, 3.8) is 0 Å². The maximum atomic E-state index is 5.61. The van der Waals surface area contributed by atoms with E-state index in [1.54, 1.807) is 11.3 Å². The predicted octanol–water partition coefficient (Wildman–Crippen LogP) is 3.69. The van der Waals surface area contributed by atoms with Crippen LogP contribution in [0.3, 0.4) is 0 Å². The third-order valence-electron chi connectivity index (χ3n) is 0.950. The summed E-state index contributed by atoms with van der Waals surface area (Å²) in [4.78, 5) is 0. The first-order chi connectivity index (χ1) is 4.97. The Bertz CT molecular complexity index is 236. The number of thiophene rings is 1. The van der Waals surface area contributed by atoms with Crippen LogP contribution < -0.4 is 4.74 Å². The Balaban J connectivity index is 2.65. The maximum Gasteiger partial charge on any atom is 0.175 e. The largest absolute Gasteiger partial charge is 0.479 e. The Kier molecular flexibility index (Phi) is 2.60. The van der Waals surface area contributed by atoms with Crippen LogP contribution in [0.1, 0.15) is 20.8 Å². The van der Waals surface area contributed by atoms with Gasteiger partial charge in [0.15, 0.2) is 5.06 Å². The normalized spacial score (nSPS) is 11.6. The molecular weight excluding hydrogens is 224 g/mol. The summed E-state index contributed by atoms with van der Waals surface area (Å²) < 4.78 is 6.70. The molecule has 62 valence electrons. The summed E-state index contributed by atoms with van der Waals surface area (Å²) in [6.07, 6.45) is 0. The van der Waals surface area contributed by atoms with Crippen molar-refractivity contribution in [2.24, 2.45) is 0 Å². The van der Waals surface area contributed by atoms with E-state index in [1.807, 2.05) is 32.2 Å². The van der Waals surface area contributed by atoms with Crippen LogP contribution in [0.25, 0.3) is 0 Å². The molecule has 0 unspecified atom stereocenters. The molecule has 0 saturated heterocycles. The monoisotopic (exact) mass is 234 g/mol. The summed E-state index contributed by atoms with van der Waals surface area (Å²) in [5, 5.41) is 2.98. The standard InChI is InChI=1S/C8H11BrOS/c1-8(2,3)10-7-4-6(9)5-11-7/h4-5H,1-3H3. The van der Waals surface area contributed by atoms with Gasteiger partial charge in [-0.15, -0.1) is 11.3 Å². The average molecular weight is 235 g/mol. The summed E-state index contributed by atoms with van der Waals surface area (Å²) in [7, 11) is 0. The molecule has 1 rings (SSSR count). The highest BCUT2D eigenvalue weighted by atomic mass is 79.9. The van der Waals surface area contributed by atoms with Gasteiger partial charge in [0.25, 0.3) is 0 Å². The maximum absolute atomic E-state index is 5.61. The van der Waals surface area contributed by atoms with E-state index in [9.17, 15) is 0 Å². The summed E-state index contributed by atoms with van der Waals surface area (Å²) in [6, 6.07) is 1.98. The van der Waals surface area contributed by atoms with Crippen LogP contribution in [0, 0.1) is 0 Å². The Morgan fingerprint density at radius 1 is 1.45 bits per heavy atom. The van der Waals surface area contributed by atoms with E-state index in [0.717, 1.165) is 9.54 Å². The molecule has 0 aromatic carbocycles. The minimum atomic E-state index is -0.0930. The third-order valence-corrected chi connectivity index (χ3v) is 2.52. The van der Waals surface area contributed by atoms with Crippen molar-refractivity contribution in [2.75, 3.05) is 0 Å². The van der Waals surface area contributed by atoms with E-state index in [2.05, 4.69) is 15.9 Å². The van der Waals surface area contributed by atoms with Crippen molar-refractivity contribution >= 4 is 27.3 Å². The van der Waals surface area contributed by atoms with E-state index >= 15 is 0 Å². The molecule has 0 atom stereocenters. The van der Waals surface area contributed by atoms with Crippen molar-refractivity contribution < 1.29 is 4.74 Å². The van der Waals surface area contributed by atoms with Gasteiger partial charge in [-0.1, -0.05) is 0 Å². The summed E-state index contributed by atoms with van der Waals surface area (Å²) in [5.74, 6) is 0. The molecule has 0 radical (unpaired) electrons. The molecule has 3 heteroatoms. The fourth-order valence-corrected chi connectivity index (χ4v) is 2.08. The summed E-state index contributed by atoms with van der Waals surface area (Å²) >= 11 is 4.98. The van der Waals surface area contributed by atoms with Crippen molar-refractivity contribution in [3.05, 3.63) is 15.9 Å². The molecule has 1 aromatic heterocycles. The third kappa shape index (κ3) is 3.25. The number of rotatable bonds is 1. The van der Waals surface area contributed by atoms with Gasteiger partial charge >= 0.3 is 0 Å². The van der Waals surface area contributed by atoms with E-state index < -0.39 is 0 Å². The SMILES string of the molecule is CC(C)(C)Oc1cc(Br)cs1. The molecule has 0 fully saturated rings. The first-order valence-electron chi connectivity index (χ1n) is 3.40. The van der Waals surface area contributed by atoms with Gasteiger partial charge in [0.1, 0.15) is 5.60 Å². The molecule has 1 heterocycles. The number of hydrogen-bond acceptors (Lipinski definition) is 2. The predicted molar refractivity (Wildman–Crippen MR) is 52.4 cm³/mol. The molecule has 1 nitrogen and oxygen atoms in total. The Hall–Kier alpha value is -0.0200. The molecule has 0 aliphatic carbocycles. The lowest BCUT2D eigenvalue weighted by molar-refractivity contribution is 0.136. The zero-order valence-corrected chi connectivity index (χ0v) is 9.25. The zero-order chi connectivity index (χ0) is 8.48. The number of ether oxygens (including phenoxy) is 1. The van der Waals surface area contributed by atoms with E-state index in [1.165, 1.54) is 0 Å². The molecule has 0 aliphatic rings. The fraction of sp³-hybridized carbons (Fsp3) is 0.500. The first-order valence-corrected chi connectivity index (χ1v) is 5.08. The van der Waals surface area contributed by atoms with Gasteiger partial charge in [-0.2, -0.15) is 0 Å². The molecule has 1 aromatic rings. The van der Waals surface area contributed by atoms with Crippen LogP contribution in [0.2, 0.25) is 0 Å². The summed E-state index contributed by atoms with van der Waals surface area (Å²) in [5.41, 5.74) is -0.0930. The van der Waals surface area contributed by atoms with Crippen molar-refractivity contribution in [3.8, 4) is 5.06 Å². The molecule has 11 heavy (non-hydrogen) atoms. The Morgan fingerprint density at radius 3 is 2.45 bits per heavy atom. The van der Waals surface area contributed by atoms with E-state index in [0.29, 0.717) is 0 Å². The zero-order valence-electron chi connectivity index (χ0n) is 6.85. The number of hydrogen-bond donors (Lipinski definition) is 0. The van der Waals surface area contributed by atoms with Crippen LogP contribution >= 0.6 is 27.3 Å². The fourth-order valence-electron chi connectivity index (χ4n) is 0.650. The van der Waals surface area contributed by atoms with Crippen LogP contribution in [0.4, 0.5) is 0 Å². The molecule has 0 saturated carbocycles. The molecule has 0 bridgehead atoms. The van der Waals surface area contributed by atoms with Gasteiger partial charge in [0.05, 0.1) is 0 Å². The van der Waals surface area contributed by atoms with Gasteiger partial charge in [-0.25, -0.2) is 0 Å². The molecular formula is C8H11BrOS. The quantitative estimate of drug-likeness (QED) is 0.721. The van der Waals surface area contributed by atoms with Gasteiger partial charge < -0.3 is 4.74 Å². The number of halogens is 1. The van der Waals surface area contributed by atoms with Crippen molar-refractivity contribution in [1.29, 1.82) is 0 Å². The van der Waals surface area contributed by atoms with E-state index in [-0.39, 0.29) is 5.60 Å². The molecule has 0 amide bonds. The topological polar surface area (TPSA) is 9.23 Å². The molecule has 0 spiro atoms. The first kappa shape index (κ1) is 9.07. The minimum absolute atomic E-state index is 0.0930. The second-order valence-corrected chi connectivity index (χ2v) is 5.09. The highest BCUT2D eigenvalue weighted by Gasteiger charge is 2.12. The Labute approximate surface area is 79.5 Å². The lowest BCUT2D eigenvalue weighted by atomic mass is 10.2. The minimum Gasteiger partial charge on any atom is -0.479 e. The van der Waals surface area contributed by atoms with E-state index in [4.69, 9.17) is 4.74 Å². The van der Waals surface area contributed by atoms with Gasteiger partial charge in [-0.05, 0) is 36.7 Å². The van der Waals surface area contributed by atoms with Crippen molar-refractivity contribution in [2.45, 2.75) is 26.4 Å². The Morgan fingerprint density at radius 2 is 2.09 bits per heavy atom. The lowest BCUT2D eigenvalue weighted by Gasteiger charge is -2.19. The second-order valence-electron chi connectivity index (χ2n) is 3.30. The molecule has 0 aliphatic heterocycles. The van der Waals surface area contributed by atoms with Gasteiger partial charge in [0, 0.05) is 15.9 Å². The van der Waals surface area contributed by atoms with Crippen LogP contribution in [-0.4, -0.2) is 5.60 Å². The second kappa shape index (κ2) is 3.15. The average Bonchev–Trinajstić information content (AvgIpc) is 2.10. The summed E-state index contributed by atoms with van der Waals surface area (Å²) in [6.45, 7) is 6.13. The molecule has 0 N–H and O–H groups in total. The van der Waals surface area contributed by atoms with Crippen LogP contribution in [-0.2, 0) is 0 Å². The van der Waals surface area contributed by atoms with Crippen LogP contribution in [0.5, 0.6) is 5.06 Å². The van der Waals surface area contributed by atoms with Gasteiger partial charge in [-0.3, -0.25) is 0 Å². The highest BCUT2D eigenvalue weighted by Crippen LogP contribution is 2.29. The van der Waals surface area contributed by atoms with Crippen molar-refractivity contribution in [1.82, 2.24) is 0 Å². The smallest absolute Gasteiger partial charge is 0.175 e. The highest BCUT2D eigenvalue weighted by molar-refractivity contribution is 9.10. The van der Waals surface area contributed by atoms with Crippen LogP contribution in [0.15, 0.2) is 15.9 Å². The van der Waals surface area contributed by atoms with Gasteiger partial charge in [0.2, 0.25) is 0 Å².